The lowest BCUT2D eigenvalue weighted by atomic mass is 10.2. The number of benzene rings is 1. The average molecular weight is 374 g/mol. The predicted octanol–water partition coefficient (Wildman–Crippen LogP) is 1.66. The summed E-state index contributed by atoms with van der Waals surface area (Å²) in [4.78, 5) is 40.4. The van der Waals surface area contributed by atoms with Gasteiger partial charge in [-0.3, -0.25) is 19.1 Å². The molecule has 0 radical (unpaired) electrons. The standard InChI is InChI=1S/C19H26N4O4/c1-5-6-11-23-16(20)15(17(24)21-19(23)26)22(4)18(25)13(3)27-14-9-7-12(2)8-10-14/h7-10,13H,5-6,11,20H2,1-4H3,(H,21,24,26)/t13-/m1/s1. The van der Waals surface area contributed by atoms with Gasteiger partial charge in [0.25, 0.3) is 11.5 Å². The molecule has 0 bridgehead atoms. The van der Waals surface area contributed by atoms with Crippen molar-refractivity contribution in [2.45, 2.75) is 46.3 Å². The van der Waals surface area contributed by atoms with E-state index in [1.54, 1.807) is 19.1 Å². The molecule has 3 N–H and O–H groups in total. The minimum atomic E-state index is -0.840. The van der Waals surface area contributed by atoms with Crippen molar-refractivity contribution in [3.05, 3.63) is 50.7 Å². The lowest BCUT2D eigenvalue weighted by molar-refractivity contribution is -0.124. The maximum Gasteiger partial charge on any atom is 0.330 e. The molecule has 0 aliphatic heterocycles. The number of nitrogens with zero attached hydrogens (tertiary/aromatic N) is 2. The fraction of sp³-hybridized carbons (Fsp3) is 0.421. The maximum absolute atomic E-state index is 12.7. The Kier molecular flexibility index (Phi) is 6.44. The molecule has 1 atom stereocenters. The van der Waals surface area contributed by atoms with E-state index in [0.717, 1.165) is 23.3 Å². The van der Waals surface area contributed by atoms with Gasteiger partial charge in [-0.2, -0.15) is 0 Å². The van der Waals surface area contributed by atoms with Crippen LogP contribution in [0.25, 0.3) is 0 Å². The van der Waals surface area contributed by atoms with E-state index in [4.69, 9.17) is 10.5 Å². The van der Waals surface area contributed by atoms with E-state index in [2.05, 4.69) is 4.98 Å². The molecule has 1 aromatic heterocycles. The molecule has 1 aromatic carbocycles. The van der Waals surface area contributed by atoms with Crippen molar-refractivity contribution in [3.8, 4) is 5.75 Å². The molecule has 0 unspecified atom stereocenters. The molecule has 0 saturated heterocycles. The van der Waals surface area contributed by atoms with Gasteiger partial charge in [0.1, 0.15) is 11.6 Å². The molecule has 0 aliphatic carbocycles. The van der Waals surface area contributed by atoms with Crippen LogP contribution < -0.4 is 26.6 Å². The number of hydrogen-bond acceptors (Lipinski definition) is 5. The Labute approximate surface area is 157 Å². The summed E-state index contributed by atoms with van der Waals surface area (Å²) in [5, 5.41) is 0. The molecular weight excluding hydrogens is 348 g/mol. The first-order valence-electron chi connectivity index (χ1n) is 8.89. The molecule has 0 saturated carbocycles. The van der Waals surface area contributed by atoms with E-state index in [-0.39, 0.29) is 11.5 Å². The van der Waals surface area contributed by atoms with Crippen molar-refractivity contribution in [1.29, 1.82) is 0 Å². The number of unbranched alkanes of at least 4 members (excludes halogenated alkanes) is 1. The minimum Gasteiger partial charge on any atom is -0.481 e. The van der Waals surface area contributed by atoms with Gasteiger partial charge in [-0.15, -0.1) is 0 Å². The van der Waals surface area contributed by atoms with Crippen molar-refractivity contribution in [2.75, 3.05) is 17.7 Å². The molecule has 0 fully saturated rings. The lowest BCUT2D eigenvalue weighted by Crippen LogP contribution is -2.43. The van der Waals surface area contributed by atoms with Crippen molar-refractivity contribution in [3.63, 3.8) is 0 Å². The number of rotatable bonds is 7. The second-order valence-corrected chi connectivity index (χ2v) is 6.47. The topological polar surface area (TPSA) is 110 Å². The highest BCUT2D eigenvalue weighted by atomic mass is 16.5. The first-order chi connectivity index (χ1) is 12.8. The molecule has 1 heterocycles. The number of aromatic amines is 1. The van der Waals surface area contributed by atoms with E-state index >= 15 is 0 Å². The Hall–Kier alpha value is -3.03. The number of nitrogens with two attached hydrogens (primary N) is 1. The van der Waals surface area contributed by atoms with Crippen molar-refractivity contribution in [1.82, 2.24) is 9.55 Å². The number of aromatic nitrogens is 2. The summed E-state index contributed by atoms with van der Waals surface area (Å²) in [6.45, 7) is 5.89. The van der Waals surface area contributed by atoms with Crippen LogP contribution in [0.4, 0.5) is 11.5 Å². The predicted molar refractivity (Wildman–Crippen MR) is 105 cm³/mol. The summed E-state index contributed by atoms with van der Waals surface area (Å²) in [7, 11) is 1.44. The summed E-state index contributed by atoms with van der Waals surface area (Å²) in [6, 6.07) is 7.29. The van der Waals surface area contributed by atoms with Crippen LogP contribution in [0.1, 0.15) is 32.3 Å². The zero-order valence-corrected chi connectivity index (χ0v) is 16.1. The molecule has 27 heavy (non-hydrogen) atoms. The Morgan fingerprint density at radius 1 is 1.30 bits per heavy atom. The summed E-state index contributed by atoms with van der Waals surface area (Å²) >= 11 is 0. The highest BCUT2D eigenvalue weighted by molar-refractivity contribution is 5.97. The number of carbonyl (C=O) groups is 1. The van der Waals surface area contributed by atoms with E-state index < -0.39 is 23.3 Å². The zero-order valence-electron chi connectivity index (χ0n) is 16.1. The summed E-state index contributed by atoms with van der Waals surface area (Å²) in [5.41, 5.74) is 5.77. The van der Waals surface area contributed by atoms with Crippen LogP contribution in [-0.4, -0.2) is 28.6 Å². The first kappa shape index (κ1) is 20.3. The van der Waals surface area contributed by atoms with E-state index in [9.17, 15) is 14.4 Å². The van der Waals surface area contributed by atoms with E-state index in [1.165, 1.54) is 11.6 Å². The number of likely N-dealkylation sites (N-methyl/N-ethyl adjacent to an activating group) is 1. The largest absolute Gasteiger partial charge is 0.481 e. The number of amides is 1. The van der Waals surface area contributed by atoms with E-state index in [0.29, 0.717) is 12.3 Å². The second kappa shape index (κ2) is 8.57. The Bertz CT molecular complexity index is 915. The number of H-pyrrole nitrogens is 1. The van der Waals surface area contributed by atoms with Crippen LogP contribution in [0.3, 0.4) is 0 Å². The van der Waals surface area contributed by atoms with Crippen LogP contribution in [0.5, 0.6) is 5.75 Å². The number of nitrogen functional groups attached to an aromatic ring is 1. The first-order valence-corrected chi connectivity index (χ1v) is 8.89. The van der Waals surface area contributed by atoms with Gasteiger partial charge in [-0.1, -0.05) is 31.0 Å². The van der Waals surface area contributed by atoms with Gasteiger partial charge in [0.05, 0.1) is 0 Å². The number of hydrogen-bond donors (Lipinski definition) is 2. The normalized spacial score (nSPS) is 11.9. The van der Waals surface area contributed by atoms with Crippen LogP contribution in [0, 0.1) is 6.92 Å². The van der Waals surface area contributed by atoms with Gasteiger partial charge in [-0.25, -0.2) is 4.79 Å². The molecule has 2 aromatic rings. The Morgan fingerprint density at radius 3 is 2.52 bits per heavy atom. The van der Waals surface area contributed by atoms with Crippen LogP contribution in [-0.2, 0) is 11.3 Å². The second-order valence-electron chi connectivity index (χ2n) is 6.47. The lowest BCUT2D eigenvalue weighted by Gasteiger charge is -2.23. The molecule has 8 heteroatoms. The van der Waals surface area contributed by atoms with Crippen LogP contribution >= 0.6 is 0 Å². The van der Waals surface area contributed by atoms with Crippen molar-refractivity contribution >= 4 is 17.4 Å². The number of aryl methyl sites for hydroxylation is 1. The van der Waals surface area contributed by atoms with Gasteiger partial charge in [0.2, 0.25) is 0 Å². The maximum atomic E-state index is 12.7. The van der Waals surface area contributed by atoms with Crippen molar-refractivity contribution < 1.29 is 9.53 Å². The monoisotopic (exact) mass is 374 g/mol. The van der Waals surface area contributed by atoms with Gasteiger partial charge >= 0.3 is 5.69 Å². The highest BCUT2D eigenvalue weighted by Gasteiger charge is 2.25. The molecule has 0 aliphatic rings. The smallest absolute Gasteiger partial charge is 0.330 e. The number of ether oxygens (including phenoxy) is 1. The minimum absolute atomic E-state index is 0.0319. The zero-order chi connectivity index (χ0) is 20.1. The van der Waals surface area contributed by atoms with Crippen molar-refractivity contribution in [2.24, 2.45) is 0 Å². The van der Waals surface area contributed by atoms with Crippen LogP contribution in [0.2, 0.25) is 0 Å². The average Bonchev–Trinajstić information content (AvgIpc) is 2.62. The summed E-state index contributed by atoms with van der Waals surface area (Å²) < 4.78 is 6.93. The molecule has 1 amide bonds. The molecule has 0 spiro atoms. The fourth-order valence-corrected chi connectivity index (χ4v) is 2.69. The third kappa shape index (κ3) is 4.58. The number of nitrogens with one attached hydrogen (secondary N) is 1. The van der Waals surface area contributed by atoms with Gasteiger partial charge < -0.3 is 15.4 Å². The van der Waals surface area contributed by atoms with Crippen LogP contribution in [0.15, 0.2) is 33.9 Å². The summed E-state index contributed by atoms with van der Waals surface area (Å²) in [5.74, 6) is 0.0636. The molecule has 8 nitrogen and oxygen atoms in total. The number of carbonyl (C=O) groups excluding carboxylic acids is 1. The highest BCUT2D eigenvalue weighted by Crippen LogP contribution is 2.19. The molecule has 146 valence electrons. The van der Waals surface area contributed by atoms with Gasteiger partial charge in [0.15, 0.2) is 11.8 Å². The number of anilines is 2. The third-order valence-corrected chi connectivity index (χ3v) is 4.30. The van der Waals surface area contributed by atoms with Gasteiger partial charge in [0, 0.05) is 13.6 Å². The SMILES string of the molecule is CCCCn1c(N)c(N(C)C(=O)[C@@H](C)Oc2ccc(C)cc2)c(=O)[nH]c1=O. The van der Waals surface area contributed by atoms with E-state index in [1.807, 2.05) is 26.0 Å². The fourth-order valence-electron chi connectivity index (χ4n) is 2.69. The quantitative estimate of drug-likeness (QED) is 0.766. The van der Waals surface area contributed by atoms with Gasteiger partial charge in [-0.05, 0) is 32.4 Å². The Morgan fingerprint density at radius 2 is 1.93 bits per heavy atom. The molecular formula is C19H26N4O4. The summed E-state index contributed by atoms with van der Waals surface area (Å²) in [6.07, 6.45) is 0.740. The Balaban J connectivity index is 2.28. The third-order valence-electron chi connectivity index (χ3n) is 4.30. The molecule has 2 rings (SSSR count).